The summed E-state index contributed by atoms with van der Waals surface area (Å²) >= 11 is 6.20. The largest absolute Gasteiger partial charge is 0.417 e. The summed E-state index contributed by atoms with van der Waals surface area (Å²) in [7, 11) is -4.69. The van der Waals surface area contributed by atoms with Gasteiger partial charge in [-0.25, -0.2) is 13.6 Å². The van der Waals surface area contributed by atoms with Gasteiger partial charge in [-0.15, -0.1) is 0 Å². The first-order valence-electron chi connectivity index (χ1n) is 7.58. The Morgan fingerprint density at radius 3 is 2.43 bits per heavy atom. The predicted molar refractivity (Wildman–Crippen MR) is 98.9 cm³/mol. The molecule has 1 unspecified atom stereocenters. The van der Waals surface area contributed by atoms with Crippen LogP contribution in [0.1, 0.15) is 5.56 Å². The van der Waals surface area contributed by atoms with E-state index >= 15 is 0 Å². The molecule has 0 saturated carbocycles. The van der Waals surface area contributed by atoms with Crippen LogP contribution in [0.5, 0.6) is 0 Å². The Morgan fingerprint density at radius 1 is 1.25 bits per heavy atom. The number of guanidine groups is 1. The quantitative estimate of drug-likeness (QED) is 0.371. The molecule has 1 atom stereocenters. The average Bonchev–Trinajstić information content (AvgIpc) is 2.88. The van der Waals surface area contributed by atoms with E-state index < -0.39 is 38.9 Å². The van der Waals surface area contributed by atoms with Gasteiger partial charge in [0.1, 0.15) is 0 Å². The van der Waals surface area contributed by atoms with Crippen LogP contribution in [0.4, 0.5) is 30.2 Å². The first-order valence-corrected chi connectivity index (χ1v) is 9.51. The molecule has 0 amide bonds. The number of rotatable bonds is 3. The van der Waals surface area contributed by atoms with Crippen LogP contribution in [0.2, 0.25) is 5.02 Å². The lowest BCUT2D eigenvalue weighted by Crippen LogP contribution is -2.50. The molecular formula is C15H14ClF3N6O2S. The summed E-state index contributed by atoms with van der Waals surface area (Å²) in [5, 5.41) is 18.0. The van der Waals surface area contributed by atoms with Gasteiger partial charge in [-0.05, 0) is 24.3 Å². The van der Waals surface area contributed by atoms with E-state index in [1.165, 1.54) is 4.90 Å². The number of hydrogen-bond donors (Lipinski definition) is 5. The topological polar surface area (TPSA) is 137 Å². The number of benzene rings is 2. The van der Waals surface area contributed by atoms with Crippen LogP contribution in [0.3, 0.4) is 0 Å². The van der Waals surface area contributed by atoms with Crippen LogP contribution in [0.25, 0.3) is 0 Å². The third kappa shape index (κ3) is 3.66. The SMILES string of the molecule is N=C(N)NC1Nc2cc(C(F)(F)F)c(S(N)(=O)=O)cc2N1c1ccccc1Cl. The van der Waals surface area contributed by atoms with Crippen LogP contribution in [-0.2, 0) is 16.2 Å². The van der Waals surface area contributed by atoms with Crippen molar-refractivity contribution in [2.75, 3.05) is 10.2 Å². The Labute approximate surface area is 162 Å². The molecule has 0 aromatic heterocycles. The van der Waals surface area contributed by atoms with Crippen LogP contribution in [0.15, 0.2) is 41.3 Å². The molecule has 13 heteroatoms. The van der Waals surface area contributed by atoms with Gasteiger partial charge >= 0.3 is 6.18 Å². The second-order valence-electron chi connectivity index (χ2n) is 5.83. The Morgan fingerprint density at radius 2 is 1.89 bits per heavy atom. The third-order valence-electron chi connectivity index (χ3n) is 3.92. The molecule has 0 spiro atoms. The molecule has 2 aromatic rings. The third-order valence-corrected chi connectivity index (χ3v) is 5.19. The van der Waals surface area contributed by atoms with Crippen LogP contribution < -0.4 is 26.4 Å². The molecule has 0 saturated heterocycles. The second-order valence-corrected chi connectivity index (χ2v) is 7.77. The van der Waals surface area contributed by atoms with Crippen molar-refractivity contribution in [1.82, 2.24) is 5.32 Å². The maximum atomic E-state index is 13.4. The number of fused-ring (bicyclic) bond motifs is 1. The molecule has 150 valence electrons. The number of anilines is 3. The highest BCUT2D eigenvalue weighted by Crippen LogP contribution is 2.46. The first-order chi connectivity index (χ1) is 12.9. The molecule has 1 aliphatic rings. The Balaban J connectivity index is 2.27. The monoisotopic (exact) mass is 434 g/mol. The van der Waals surface area contributed by atoms with Crippen molar-refractivity contribution in [2.24, 2.45) is 10.9 Å². The number of nitrogens with one attached hydrogen (secondary N) is 3. The van der Waals surface area contributed by atoms with Crippen molar-refractivity contribution < 1.29 is 21.6 Å². The molecule has 28 heavy (non-hydrogen) atoms. The minimum atomic E-state index is -4.96. The zero-order valence-corrected chi connectivity index (χ0v) is 15.5. The van der Waals surface area contributed by atoms with Crippen LogP contribution in [0, 0.1) is 5.41 Å². The Kier molecular flexibility index (Phi) is 4.81. The van der Waals surface area contributed by atoms with E-state index in [-0.39, 0.29) is 16.4 Å². The lowest BCUT2D eigenvalue weighted by Gasteiger charge is -2.28. The summed E-state index contributed by atoms with van der Waals surface area (Å²) in [5.74, 6) is -0.468. The number of primary sulfonamides is 1. The summed E-state index contributed by atoms with van der Waals surface area (Å²) in [6, 6.07) is 7.85. The molecule has 1 heterocycles. The molecule has 0 aliphatic carbocycles. The van der Waals surface area contributed by atoms with E-state index in [0.717, 1.165) is 6.07 Å². The van der Waals surface area contributed by atoms with Gasteiger partial charge in [0.25, 0.3) is 0 Å². The summed E-state index contributed by atoms with van der Waals surface area (Å²) in [6.45, 7) is 0. The van der Waals surface area contributed by atoms with Gasteiger partial charge in [0.2, 0.25) is 10.0 Å². The molecule has 2 aromatic carbocycles. The molecule has 0 bridgehead atoms. The van der Waals surface area contributed by atoms with Crippen molar-refractivity contribution in [1.29, 1.82) is 5.41 Å². The van der Waals surface area contributed by atoms with E-state index in [2.05, 4.69) is 10.6 Å². The zero-order chi connectivity index (χ0) is 20.9. The highest BCUT2D eigenvalue weighted by atomic mass is 35.5. The normalized spacial score (nSPS) is 16.5. The summed E-state index contributed by atoms with van der Waals surface area (Å²) in [5.41, 5.74) is 4.31. The van der Waals surface area contributed by atoms with Crippen LogP contribution in [-0.4, -0.2) is 20.7 Å². The lowest BCUT2D eigenvalue weighted by molar-refractivity contribution is -0.139. The molecule has 1 aliphatic heterocycles. The first kappa shape index (κ1) is 20.0. The maximum absolute atomic E-state index is 13.4. The van der Waals surface area contributed by atoms with Crippen LogP contribution >= 0.6 is 11.6 Å². The number of halogens is 4. The van der Waals surface area contributed by atoms with Crippen molar-refractivity contribution in [3.05, 3.63) is 47.0 Å². The van der Waals surface area contributed by atoms with Gasteiger partial charge in [-0.1, -0.05) is 23.7 Å². The average molecular weight is 435 g/mol. The summed E-state index contributed by atoms with van der Waals surface area (Å²) in [4.78, 5) is 0.301. The standard InChI is InChI=1S/C15H14ClF3N6O2S/c16-8-3-1-2-4-10(8)25-11-6-12(28(22,26)27)7(15(17,18)19)5-9(11)23-14(25)24-13(20)21/h1-6,14,23H,(H4,20,21,24)(H2,22,26,27). The molecule has 7 N–H and O–H groups in total. The number of alkyl halides is 3. The highest BCUT2D eigenvalue weighted by Gasteiger charge is 2.41. The Bertz CT molecular complexity index is 1060. The van der Waals surface area contributed by atoms with E-state index in [4.69, 9.17) is 27.9 Å². The van der Waals surface area contributed by atoms with Gasteiger partial charge in [-0.3, -0.25) is 10.3 Å². The predicted octanol–water partition coefficient (Wildman–Crippen LogP) is 2.34. The fourth-order valence-corrected chi connectivity index (χ4v) is 3.84. The van der Waals surface area contributed by atoms with Gasteiger partial charge in [0, 0.05) is 0 Å². The molecule has 8 nitrogen and oxygen atoms in total. The number of hydrogen-bond acceptors (Lipinski definition) is 5. The molecule has 0 radical (unpaired) electrons. The Hall–Kier alpha value is -2.70. The number of nitrogens with two attached hydrogens (primary N) is 2. The molecule has 0 fully saturated rings. The molecule has 3 rings (SSSR count). The number of para-hydroxylation sites is 1. The number of sulfonamides is 1. The second kappa shape index (κ2) is 6.72. The number of nitrogens with zero attached hydrogens (tertiary/aromatic N) is 1. The minimum Gasteiger partial charge on any atom is -0.370 e. The van der Waals surface area contributed by atoms with Crippen molar-refractivity contribution >= 4 is 44.6 Å². The van der Waals surface area contributed by atoms with E-state index in [9.17, 15) is 21.6 Å². The van der Waals surface area contributed by atoms with E-state index in [1.807, 2.05) is 0 Å². The summed E-state index contributed by atoms with van der Waals surface area (Å²) < 4.78 is 63.8. The fraction of sp³-hybridized carbons (Fsp3) is 0.133. The lowest BCUT2D eigenvalue weighted by atomic mass is 10.1. The van der Waals surface area contributed by atoms with Gasteiger partial charge < -0.3 is 16.4 Å². The van der Waals surface area contributed by atoms with Gasteiger partial charge in [-0.2, -0.15) is 13.2 Å². The zero-order valence-electron chi connectivity index (χ0n) is 13.9. The van der Waals surface area contributed by atoms with E-state index in [1.54, 1.807) is 24.3 Å². The van der Waals surface area contributed by atoms with Gasteiger partial charge in [0.15, 0.2) is 12.2 Å². The van der Waals surface area contributed by atoms with Crippen molar-refractivity contribution in [2.45, 2.75) is 17.4 Å². The highest BCUT2D eigenvalue weighted by molar-refractivity contribution is 7.89. The van der Waals surface area contributed by atoms with Gasteiger partial charge in [0.05, 0.1) is 32.5 Å². The summed E-state index contributed by atoms with van der Waals surface area (Å²) in [6.07, 6.45) is -5.95. The smallest absolute Gasteiger partial charge is 0.370 e. The maximum Gasteiger partial charge on any atom is 0.417 e. The fourth-order valence-electron chi connectivity index (χ4n) is 2.86. The van der Waals surface area contributed by atoms with Crippen molar-refractivity contribution in [3.8, 4) is 0 Å². The van der Waals surface area contributed by atoms with Crippen molar-refractivity contribution in [3.63, 3.8) is 0 Å². The van der Waals surface area contributed by atoms with E-state index in [0.29, 0.717) is 11.8 Å². The minimum absolute atomic E-state index is 0.0432. The molecular weight excluding hydrogens is 421 g/mol.